The molecule has 32 heavy (non-hydrogen) atoms. The highest BCUT2D eigenvalue weighted by Crippen LogP contribution is 2.47. The lowest BCUT2D eigenvalue weighted by molar-refractivity contribution is -0.277. The highest BCUT2D eigenvalue weighted by molar-refractivity contribution is 6.13. The maximum absolute atomic E-state index is 12.5. The van der Waals surface area contributed by atoms with Crippen LogP contribution in [-0.2, 0) is 4.74 Å². The Hall–Kier alpha value is -3.09. The monoisotopic (exact) mass is 450 g/mol. The molecule has 0 radical (unpaired) electrons. The average molecular weight is 450 g/mol. The Bertz CT molecular complexity index is 1230. The van der Waals surface area contributed by atoms with Crippen LogP contribution in [0.25, 0.3) is 21.5 Å². The van der Waals surface area contributed by atoms with Crippen LogP contribution in [0.1, 0.15) is 5.76 Å². The van der Waals surface area contributed by atoms with Gasteiger partial charge < -0.3 is 49.3 Å². The topological polar surface area (TPSA) is 179 Å². The zero-order chi connectivity index (χ0) is 23.3. The van der Waals surface area contributed by atoms with E-state index in [2.05, 4.69) is 0 Å². The Morgan fingerprint density at radius 2 is 1.69 bits per heavy atom. The number of rotatable bonds is 4. The van der Waals surface area contributed by atoms with Crippen molar-refractivity contribution in [2.45, 2.75) is 37.6 Å². The van der Waals surface area contributed by atoms with Crippen molar-refractivity contribution in [3.05, 3.63) is 34.4 Å². The Morgan fingerprint density at radius 3 is 2.34 bits per heavy atom. The van der Waals surface area contributed by atoms with Gasteiger partial charge in [-0.25, -0.2) is 4.79 Å². The van der Waals surface area contributed by atoms with Gasteiger partial charge in [0.2, 0.25) is 6.29 Å². The molecule has 6 N–H and O–H groups in total. The van der Waals surface area contributed by atoms with E-state index >= 15 is 0 Å². The number of hydrogen-bond acceptors (Lipinski definition) is 11. The number of methoxy groups -OCH3 is 1. The summed E-state index contributed by atoms with van der Waals surface area (Å²) in [5.41, 5.74) is -0.829. The number of fused-ring (bicyclic) bond motifs is 2. The number of aromatic hydroxyl groups is 2. The Balaban J connectivity index is 1.95. The molecular formula is C21H22O11. The summed E-state index contributed by atoms with van der Waals surface area (Å²) in [5.74, 6) is -0.615. The predicted octanol–water partition coefficient (Wildman–Crippen LogP) is -0.147. The smallest absolute Gasteiger partial charge is 0.347 e. The molecule has 2 heterocycles. The lowest BCUT2D eigenvalue weighted by Gasteiger charge is -2.39. The fraction of sp³-hybridized carbons (Fsp3) is 0.381. The largest absolute Gasteiger partial charge is 0.508 e. The van der Waals surface area contributed by atoms with Crippen molar-refractivity contribution in [2.75, 3.05) is 13.7 Å². The van der Waals surface area contributed by atoms with Gasteiger partial charge in [0.15, 0.2) is 0 Å². The van der Waals surface area contributed by atoms with Gasteiger partial charge in [-0.15, -0.1) is 0 Å². The molecule has 3 aromatic rings. The van der Waals surface area contributed by atoms with Crippen LogP contribution in [0.2, 0.25) is 0 Å². The minimum absolute atomic E-state index is 0.0553. The van der Waals surface area contributed by atoms with Gasteiger partial charge in [0.05, 0.1) is 19.1 Å². The van der Waals surface area contributed by atoms with Crippen LogP contribution in [0.5, 0.6) is 23.0 Å². The lowest BCUT2D eigenvalue weighted by atomic mass is 9.99. The van der Waals surface area contributed by atoms with Crippen molar-refractivity contribution in [3.8, 4) is 23.0 Å². The van der Waals surface area contributed by atoms with Crippen molar-refractivity contribution < 1.29 is 49.3 Å². The number of aliphatic hydroxyl groups is 4. The third-order valence-electron chi connectivity index (χ3n) is 5.42. The third kappa shape index (κ3) is 3.40. The van der Waals surface area contributed by atoms with Crippen molar-refractivity contribution in [1.82, 2.24) is 0 Å². The molecule has 4 rings (SSSR count). The van der Waals surface area contributed by atoms with Gasteiger partial charge in [-0.3, -0.25) is 0 Å². The van der Waals surface area contributed by atoms with Crippen molar-refractivity contribution in [2.24, 2.45) is 0 Å². The molecular weight excluding hydrogens is 428 g/mol. The number of hydrogen-bond donors (Lipinski definition) is 6. The number of aryl methyl sites for hydroxylation is 1. The zero-order valence-electron chi connectivity index (χ0n) is 17.1. The minimum atomic E-state index is -1.73. The van der Waals surface area contributed by atoms with E-state index in [4.69, 9.17) is 18.6 Å². The molecule has 5 unspecified atom stereocenters. The molecule has 0 amide bonds. The SMILES string of the molecule is COc1c2cc(O)cc(OC3OC(CO)C(O)C(O)C3O)c2c(O)c2c(=O)oc(C)cc12. The highest BCUT2D eigenvalue weighted by atomic mass is 16.7. The Labute approximate surface area is 180 Å². The molecule has 0 bridgehead atoms. The van der Waals surface area contributed by atoms with E-state index in [0.29, 0.717) is 0 Å². The van der Waals surface area contributed by atoms with E-state index in [1.54, 1.807) is 6.92 Å². The minimum Gasteiger partial charge on any atom is -0.508 e. The van der Waals surface area contributed by atoms with Gasteiger partial charge >= 0.3 is 5.63 Å². The average Bonchev–Trinajstić information content (AvgIpc) is 2.73. The quantitative estimate of drug-likeness (QED) is 0.291. The standard InChI is InChI=1S/C21H22O11/c1-7-3-9-14(20(28)30-7)16(25)13-10(19(9)29-2)4-8(23)5-11(13)31-21-18(27)17(26)15(24)12(6-22)32-21/h3-5,12,15,17-18,21-27H,6H2,1-2H3. The first-order valence-corrected chi connectivity index (χ1v) is 9.65. The van der Waals surface area contributed by atoms with Crippen LogP contribution in [0.4, 0.5) is 0 Å². The van der Waals surface area contributed by atoms with Crippen LogP contribution in [0.15, 0.2) is 27.4 Å². The first-order valence-electron chi connectivity index (χ1n) is 9.65. The second kappa shape index (κ2) is 8.11. The zero-order valence-corrected chi connectivity index (χ0v) is 17.1. The summed E-state index contributed by atoms with van der Waals surface area (Å²) >= 11 is 0. The molecule has 0 spiro atoms. The van der Waals surface area contributed by atoms with Crippen molar-refractivity contribution in [3.63, 3.8) is 0 Å². The van der Waals surface area contributed by atoms with Gasteiger partial charge in [0, 0.05) is 16.8 Å². The summed E-state index contributed by atoms with van der Waals surface area (Å²) in [6.45, 7) is 0.882. The second-order valence-corrected chi connectivity index (χ2v) is 7.50. The maximum Gasteiger partial charge on any atom is 0.347 e. The van der Waals surface area contributed by atoms with Gasteiger partial charge in [-0.1, -0.05) is 0 Å². The molecule has 0 aliphatic carbocycles. The first kappa shape index (κ1) is 22.1. The molecule has 1 aliphatic heterocycles. The van der Waals surface area contributed by atoms with Crippen LogP contribution >= 0.6 is 0 Å². The summed E-state index contributed by atoms with van der Waals surface area (Å²) < 4.78 is 21.5. The number of benzene rings is 2. The second-order valence-electron chi connectivity index (χ2n) is 7.50. The number of phenols is 2. The van der Waals surface area contributed by atoms with Crippen molar-refractivity contribution in [1.29, 1.82) is 0 Å². The van der Waals surface area contributed by atoms with Gasteiger partial charge in [-0.2, -0.15) is 0 Å². The van der Waals surface area contributed by atoms with E-state index in [1.165, 1.54) is 19.2 Å². The molecule has 1 fully saturated rings. The number of ether oxygens (including phenoxy) is 3. The maximum atomic E-state index is 12.5. The number of phenolic OH excluding ortho intramolecular Hbond substituents is 2. The Kier molecular flexibility index (Phi) is 5.61. The summed E-state index contributed by atoms with van der Waals surface area (Å²) in [4.78, 5) is 12.5. The molecule has 11 nitrogen and oxygen atoms in total. The molecule has 1 saturated heterocycles. The van der Waals surface area contributed by atoms with E-state index in [1.807, 2.05) is 0 Å². The van der Waals surface area contributed by atoms with Gasteiger partial charge in [0.1, 0.15) is 58.6 Å². The molecule has 172 valence electrons. The third-order valence-corrected chi connectivity index (χ3v) is 5.42. The first-order chi connectivity index (χ1) is 15.2. The summed E-state index contributed by atoms with van der Waals surface area (Å²) in [5, 5.41) is 61.0. The number of aliphatic hydroxyl groups excluding tert-OH is 4. The molecule has 2 aromatic carbocycles. The van der Waals surface area contributed by atoms with Crippen molar-refractivity contribution >= 4 is 21.5 Å². The lowest BCUT2D eigenvalue weighted by Crippen LogP contribution is -2.60. The van der Waals surface area contributed by atoms with E-state index in [0.717, 1.165) is 6.07 Å². The van der Waals surface area contributed by atoms with Gasteiger partial charge in [-0.05, 0) is 19.1 Å². The predicted molar refractivity (Wildman–Crippen MR) is 109 cm³/mol. The molecule has 5 atom stereocenters. The van der Waals surface area contributed by atoms with Crippen LogP contribution in [-0.4, -0.2) is 75.1 Å². The summed E-state index contributed by atoms with van der Waals surface area (Å²) in [6.07, 6.45) is -7.86. The molecule has 1 aliphatic rings. The fourth-order valence-electron chi connectivity index (χ4n) is 3.91. The fourth-order valence-corrected chi connectivity index (χ4v) is 3.91. The summed E-state index contributed by atoms with van der Waals surface area (Å²) in [6, 6.07) is 3.89. The molecule has 1 aromatic heterocycles. The molecule has 0 saturated carbocycles. The summed E-state index contributed by atoms with van der Waals surface area (Å²) in [7, 11) is 1.34. The van der Waals surface area contributed by atoms with Crippen LogP contribution in [0, 0.1) is 6.92 Å². The highest BCUT2D eigenvalue weighted by Gasteiger charge is 2.45. The molecule has 11 heteroatoms. The van der Waals surface area contributed by atoms with Gasteiger partial charge in [0.25, 0.3) is 0 Å². The van der Waals surface area contributed by atoms with Crippen LogP contribution < -0.4 is 15.1 Å². The van der Waals surface area contributed by atoms with Crippen LogP contribution in [0.3, 0.4) is 0 Å². The van der Waals surface area contributed by atoms with E-state index in [9.17, 15) is 35.4 Å². The van der Waals surface area contributed by atoms with E-state index < -0.39 is 48.7 Å². The van der Waals surface area contributed by atoms with E-state index in [-0.39, 0.29) is 44.6 Å². The normalized spacial score (nSPS) is 25.9. The Morgan fingerprint density at radius 1 is 1.00 bits per heavy atom.